The van der Waals surface area contributed by atoms with Crippen molar-refractivity contribution in [3.8, 4) is 11.5 Å². The molecule has 1 atom stereocenters. The monoisotopic (exact) mass is 343 g/mol. The molecule has 0 aromatic heterocycles. The number of rotatable bonds is 5. The van der Waals surface area contributed by atoms with E-state index in [1.165, 1.54) is 18.2 Å². The average Bonchev–Trinajstić information content (AvgIpc) is 2.65. The van der Waals surface area contributed by atoms with Crippen LogP contribution in [0.25, 0.3) is 0 Å². The van der Waals surface area contributed by atoms with Crippen LogP contribution >= 0.6 is 0 Å². The van der Waals surface area contributed by atoms with Gasteiger partial charge in [0, 0.05) is 24.9 Å². The van der Waals surface area contributed by atoms with Crippen molar-refractivity contribution in [3.63, 3.8) is 0 Å². The Bertz CT molecular complexity index is 809. The van der Waals surface area contributed by atoms with E-state index in [1.807, 2.05) is 18.2 Å². The highest BCUT2D eigenvalue weighted by Crippen LogP contribution is 2.30. The number of benzene rings is 2. The van der Waals surface area contributed by atoms with Crippen LogP contribution in [-0.2, 0) is 0 Å². The standard InChI is InChI=1S/C17H17N3O5/c1-18-14-7-6-11(20(22)23)8-13(14)17(21)19-9-12-10-24-15-4-2-3-5-16(15)25-12/h2-8,12,18H,9-10H2,1H3,(H,19,21). The van der Waals surface area contributed by atoms with E-state index >= 15 is 0 Å². The highest BCUT2D eigenvalue weighted by Gasteiger charge is 2.22. The van der Waals surface area contributed by atoms with Crippen molar-refractivity contribution in [1.29, 1.82) is 0 Å². The van der Waals surface area contributed by atoms with Gasteiger partial charge in [-0.05, 0) is 18.2 Å². The predicted octanol–water partition coefficient (Wildman–Crippen LogP) is 2.21. The molecule has 1 aliphatic heterocycles. The van der Waals surface area contributed by atoms with Crippen molar-refractivity contribution in [3.05, 3.63) is 58.1 Å². The Kier molecular flexibility index (Phi) is 4.69. The number of fused-ring (bicyclic) bond motifs is 1. The fourth-order valence-corrected chi connectivity index (χ4v) is 2.52. The summed E-state index contributed by atoms with van der Waals surface area (Å²) in [6, 6.07) is 11.4. The largest absolute Gasteiger partial charge is 0.486 e. The Morgan fingerprint density at radius 2 is 2.04 bits per heavy atom. The van der Waals surface area contributed by atoms with E-state index in [-0.39, 0.29) is 23.9 Å². The maximum Gasteiger partial charge on any atom is 0.270 e. The quantitative estimate of drug-likeness (QED) is 0.637. The molecule has 8 nitrogen and oxygen atoms in total. The Balaban J connectivity index is 1.67. The number of para-hydroxylation sites is 2. The van der Waals surface area contributed by atoms with Crippen LogP contribution in [0, 0.1) is 10.1 Å². The minimum Gasteiger partial charge on any atom is -0.486 e. The lowest BCUT2D eigenvalue weighted by Gasteiger charge is -2.26. The van der Waals surface area contributed by atoms with Crippen LogP contribution in [0.15, 0.2) is 42.5 Å². The second kappa shape index (κ2) is 7.08. The van der Waals surface area contributed by atoms with Gasteiger partial charge in [-0.1, -0.05) is 12.1 Å². The van der Waals surface area contributed by atoms with Gasteiger partial charge < -0.3 is 20.1 Å². The van der Waals surface area contributed by atoms with Gasteiger partial charge in [-0.25, -0.2) is 0 Å². The number of carbonyl (C=O) groups excluding carboxylic acids is 1. The molecule has 0 saturated carbocycles. The number of nitro benzene ring substituents is 1. The summed E-state index contributed by atoms with van der Waals surface area (Å²) >= 11 is 0. The summed E-state index contributed by atoms with van der Waals surface area (Å²) in [5.41, 5.74) is 0.568. The van der Waals surface area contributed by atoms with E-state index in [0.717, 1.165) is 0 Å². The summed E-state index contributed by atoms with van der Waals surface area (Å²) in [4.78, 5) is 22.8. The minimum absolute atomic E-state index is 0.143. The van der Waals surface area contributed by atoms with Gasteiger partial charge in [0.15, 0.2) is 11.5 Å². The molecule has 2 aromatic rings. The fraction of sp³-hybridized carbons (Fsp3) is 0.235. The summed E-state index contributed by atoms with van der Waals surface area (Å²) in [7, 11) is 1.65. The zero-order chi connectivity index (χ0) is 17.8. The predicted molar refractivity (Wildman–Crippen MR) is 91.3 cm³/mol. The molecular formula is C17H17N3O5. The van der Waals surface area contributed by atoms with Crippen LogP contribution < -0.4 is 20.1 Å². The molecule has 1 heterocycles. The number of ether oxygens (including phenoxy) is 2. The molecule has 1 unspecified atom stereocenters. The molecule has 1 aliphatic rings. The highest BCUT2D eigenvalue weighted by molar-refractivity contribution is 6.00. The van der Waals surface area contributed by atoms with Gasteiger partial charge in [0.1, 0.15) is 12.7 Å². The normalized spacial score (nSPS) is 15.3. The third kappa shape index (κ3) is 3.63. The number of amides is 1. The fourth-order valence-electron chi connectivity index (χ4n) is 2.52. The molecule has 0 radical (unpaired) electrons. The second-order valence-electron chi connectivity index (χ2n) is 5.44. The van der Waals surface area contributed by atoms with Crippen molar-refractivity contribution in [1.82, 2.24) is 5.32 Å². The van der Waals surface area contributed by atoms with E-state index in [2.05, 4.69) is 10.6 Å². The molecule has 0 aliphatic carbocycles. The van der Waals surface area contributed by atoms with Crippen molar-refractivity contribution in [2.45, 2.75) is 6.10 Å². The lowest BCUT2D eigenvalue weighted by Crippen LogP contribution is -2.40. The number of carbonyl (C=O) groups is 1. The summed E-state index contributed by atoms with van der Waals surface area (Å²) in [5.74, 6) is 0.871. The lowest BCUT2D eigenvalue weighted by molar-refractivity contribution is -0.384. The zero-order valence-corrected chi connectivity index (χ0v) is 13.5. The molecule has 0 fully saturated rings. The van der Waals surface area contributed by atoms with E-state index < -0.39 is 10.8 Å². The van der Waals surface area contributed by atoms with Crippen LogP contribution in [0.5, 0.6) is 11.5 Å². The summed E-state index contributed by atoms with van der Waals surface area (Å²) in [6.07, 6.45) is -0.337. The number of hydrogen-bond acceptors (Lipinski definition) is 6. The molecule has 3 rings (SSSR count). The molecular weight excluding hydrogens is 326 g/mol. The zero-order valence-electron chi connectivity index (χ0n) is 13.5. The Hall–Kier alpha value is -3.29. The average molecular weight is 343 g/mol. The summed E-state index contributed by atoms with van der Waals surface area (Å²) < 4.78 is 11.4. The van der Waals surface area contributed by atoms with Gasteiger partial charge >= 0.3 is 0 Å². The summed E-state index contributed by atoms with van der Waals surface area (Å²) in [6.45, 7) is 0.532. The smallest absolute Gasteiger partial charge is 0.270 e. The van der Waals surface area contributed by atoms with Crippen LogP contribution in [0.1, 0.15) is 10.4 Å². The molecule has 0 saturated heterocycles. The molecule has 2 N–H and O–H groups in total. The van der Waals surface area contributed by atoms with Crippen molar-refractivity contribution < 1.29 is 19.2 Å². The Morgan fingerprint density at radius 3 is 2.76 bits per heavy atom. The van der Waals surface area contributed by atoms with Gasteiger partial charge in [0.25, 0.3) is 11.6 Å². The van der Waals surface area contributed by atoms with Crippen LogP contribution in [0.3, 0.4) is 0 Å². The van der Waals surface area contributed by atoms with Gasteiger partial charge in [-0.15, -0.1) is 0 Å². The van der Waals surface area contributed by atoms with Crippen molar-refractivity contribution in [2.24, 2.45) is 0 Å². The Labute approximate surface area is 143 Å². The molecule has 1 amide bonds. The van der Waals surface area contributed by atoms with E-state index in [1.54, 1.807) is 13.1 Å². The van der Waals surface area contributed by atoms with Gasteiger partial charge in [-0.2, -0.15) is 0 Å². The first-order valence-electron chi connectivity index (χ1n) is 7.71. The maximum absolute atomic E-state index is 12.4. The van der Waals surface area contributed by atoms with Crippen LogP contribution in [0.4, 0.5) is 11.4 Å². The number of hydrogen-bond donors (Lipinski definition) is 2. The van der Waals surface area contributed by atoms with Crippen molar-refractivity contribution in [2.75, 3.05) is 25.5 Å². The lowest BCUT2D eigenvalue weighted by atomic mass is 10.1. The highest BCUT2D eigenvalue weighted by atomic mass is 16.6. The first kappa shape index (κ1) is 16.6. The molecule has 130 valence electrons. The third-order valence-electron chi connectivity index (χ3n) is 3.79. The molecule has 2 aromatic carbocycles. The molecule has 8 heteroatoms. The number of anilines is 1. The maximum atomic E-state index is 12.4. The second-order valence-corrected chi connectivity index (χ2v) is 5.44. The van der Waals surface area contributed by atoms with Gasteiger partial charge in [0.05, 0.1) is 17.0 Å². The first-order valence-corrected chi connectivity index (χ1v) is 7.71. The number of nitro groups is 1. The van der Waals surface area contributed by atoms with Crippen LogP contribution in [0.2, 0.25) is 0 Å². The van der Waals surface area contributed by atoms with E-state index in [4.69, 9.17) is 9.47 Å². The van der Waals surface area contributed by atoms with Gasteiger partial charge in [0.2, 0.25) is 0 Å². The van der Waals surface area contributed by atoms with E-state index in [0.29, 0.717) is 23.8 Å². The topological polar surface area (TPSA) is 103 Å². The minimum atomic E-state index is -0.536. The number of nitrogens with zero attached hydrogens (tertiary/aromatic N) is 1. The van der Waals surface area contributed by atoms with E-state index in [9.17, 15) is 14.9 Å². The molecule has 0 spiro atoms. The molecule has 25 heavy (non-hydrogen) atoms. The number of non-ortho nitro benzene ring substituents is 1. The summed E-state index contributed by atoms with van der Waals surface area (Å²) in [5, 5.41) is 16.5. The third-order valence-corrected chi connectivity index (χ3v) is 3.79. The number of nitrogens with one attached hydrogen (secondary N) is 2. The molecule has 0 bridgehead atoms. The van der Waals surface area contributed by atoms with Gasteiger partial charge in [-0.3, -0.25) is 14.9 Å². The first-order chi connectivity index (χ1) is 12.1. The Morgan fingerprint density at radius 1 is 1.28 bits per heavy atom. The SMILES string of the molecule is CNc1ccc([N+](=O)[O-])cc1C(=O)NCC1COc2ccccc2O1. The van der Waals surface area contributed by atoms with Crippen molar-refractivity contribution >= 4 is 17.3 Å². The van der Waals surface area contributed by atoms with Crippen LogP contribution in [-0.4, -0.2) is 37.1 Å².